The van der Waals surface area contributed by atoms with E-state index < -0.39 is 12.1 Å². The van der Waals surface area contributed by atoms with Crippen molar-refractivity contribution in [1.29, 1.82) is 0 Å². The molecule has 0 amide bonds. The van der Waals surface area contributed by atoms with Crippen molar-refractivity contribution < 1.29 is 14.6 Å². The highest BCUT2D eigenvalue weighted by atomic mass is 16.5. The Morgan fingerprint density at radius 3 is 3.14 bits per heavy atom. The van der Waals surface area contributed by atoms with Gasteiger partial charge in [0, 0.05) is 11.1 Å². The standard InChI is InChI=1S/C17H16N2O3/c1-3-11-6-5-7-12(10-11)19-16-13(8-9-14(16)20)15(18-19)17(21)22-4-2/h1,5-7,10,14,20H,4,8-9H2,2H3. The first kappa shape index (κ1) is 14.4. The molecule has 1 heterocycles. The topological polar surface area (TPSA) is 64.4 Å². The lowest BCUT2D eigenvalue weighted by Gasteiger charge is -2.09. The van der Waals surface area contributed by atoms with Crippen molar-refractivity contribution in [3.05, 3.63) is 46.8 Å². The molecule has 1 aliphatic rings. The molecule has 3 rings (SSSR count). The highest BCUT2D eigenvalue weighted by Crippen LogP contribution is 2.35. The second kappa shape index (κ2) is 5.66. The number of aliphatic hydroxyl groups is 1. The van der Waals surface area contributed by atoms with E-state index in [4.69, 9.17) is 11.2 Å². The Hall–Kier alpha value is -2.58. The summed E-state index contributed by atoms with van der Waals surface area (Å²) in [6.45, 7) is 2.04. The van der Waals surface area contributed by atoms with Crippen molar-refractivity contribution in [3.63, 3.8) is 0 Å². The molecular formula is C17H16N2O3. The van der Waals surface area contributed by atoms with Crippen LogP contribution in [0.25, 0.3) is 5.69 Å². The molecule has 0 bridgehead atoms. The van der Waals surface area contributed by atoms with Gasteiger partial charge in [0.25, 0.3) is 0 Å². The first-order valence-electron chi connectivity index (χ1n) is 7.19. The van der Waals surface area contributed by atoms with Gasteiger partial charge in [-0.2, -0.15) is 5.10 Å². The van der Waals surface area contributed by atoms with Gasteiger partial charge in [0.05, 0.1) is 24.1 Å². The molecular weight excluding hydrogens is 280 g/mol. The average Bonchev–Trinajstić information content (AvgIpc) is 3.09. The number of esters is 1. The van der Waals surface area contributed by atoms with Crippen molar-refractivity contribution in [1.82, 2.24) is 9.78 Å². The van der Waals surface area contributed by atoms with Crippen molar-refractivity contribution in [2.24, 2.45) is 0 Å². The number of hydrogen-bond acceptors (Lipinski definition) is 4. The molecule has 1 atom stereocenters. The fourth-order valence-electron chi connectivity index (χ4n) is 2.76. The van der Waals surface area contributed by atoms with E-state index in [1.807, 2.05) is 18.2 Å². The van der Waals surface area contributed by atoms with Crippen LogP contribution in [0.5, 0.6) is 0 Å². The number of fused-ring (bicyclic) bond motifs is 1. The minimum atomic E-state index is -0.639. The van der Waals surface area contributed by atoms with Crippen molar-refractivity contribution >= 4 is 5.97 Å². The van der Waals surface area contributed by atoms with Crippen LogP contribution in [0.1, 0.15) is 46.8 Å². The summed E-state index contributed by atoms with van der Waals surface area (Å²) < 4.78 is 6.65. The molecule has 22 heavy (non-hydrogen) atoms. The molecule has 0 fully saturated rings. The molecule has 0 radical (unpaired) electrons. The number of hydrogen-bond donors (Lipinski definition) is 1. The lowest BCUT2D eigenvalue weighted by Crippen LogP contribution is -2.09. The molecule has 1 aliphatic carbocycles. The van der Waals surface area contributed by atoms with Crippen LogP contribution < -0.4 is 0 Å². The van der Waals surface area contributed by atoms with Crippen molar-refractivity contribution in [2.45, 2.75) is 25.9 Å². The van der Waals surface area contributed by atoms with Gasteiger partial charge in [-0.05, 0) is 38.0 Å². The van der Waals surface area contributed by atoms with E-state index in [1.165, 1.54) is 0 Å². The maximum Gasteiger partial charge on any atom is 0.359 e. The number of terminal acetylenes is 1. The fraction of sp³-hybridized carbons (Fsp3) is 0.294. The highest BCUT2D eigenvalue weighted by Gasteiger charge is 2.33. The fourth-order valence-corrected chi connectivity index (χ4v) is 2.76. The molecule has 0 saturated heterocycles. The van der Waals surface area contributed by atoms with Gasteiger partial charge < -0.3 is 9.84 Å². The van der Waals surface area contributed by atoms with E-state index in [9.17, 15) is 9.90 Å². The predicted octanol–water partition coefficient (Wildman–Crippen LogP) is 2.01. The first-order valence-corrected chi connectivity index (χ1v) is 7.19. The highest BCUT2D eigenvalue weighted by molar-refractivity contribution is 5.89. The molecule has 5 nitrogen and oxygen atoms in total. The van der Waals surface area contributed by atoms with Crippen LogP contribution in [-0.4, -0.2) is 27.5 Å². The molecule has 0 saturated carbocycles. The SMILES string of the molecule is C#Cc1cccc(-n2nc(C(=O)OCC)c3c2C(O)CC3)c1. The van der Waals surface area contributed by atoms with Gasteiger partial charge >= 0.3 is 5.97 Å². The molecule has 0 spiro atoms. The lowest BCUT2D eigenvalue weighted by molar-refractivity contribution is 0.0517. The maximum absolute atomic E-state index is 12.1. The zero-order valence-corrected chi connectivity index (χ0v) is 12.2. The normalized spacial score (nSPS) is 16.1. The smallest absolute Gasteiger partial charge is 0.359 e. The van der Waals surface area contributed by atoms with Crippen molar-refractivity contribution in [3.8, 4) is 18.0 Å². The van der Waals surface area contributed by atoms with E-state index in [-0.39, 0.29) is 12.3 Å². The van der Waals surface area contributed by atoms with Gasteiger partial charge in [-0.1, -0.05) is 12.0 Å². The number of benzene rings is 1. The quantitative estimate of drug-likeness (QED) is 0.695. The number of aromatic nitrogens is 2. The minimum absolute atomic E-state index is 0.277. The summed E-state index contributed by atoms with van der Waals surface area (Å²) in [6, 6.07) is 7.28. The summed E-state index contributed by atoms with van der Waals surface area (Å²) in [5, 5.41) is 14.6. The third-order valence-corrected chi connectivity index (χ3v) is 3.73. The number of carbonyl (C=O) groups is 1. The summed E-state index contributed by atoms with van der Waals surface area (Å²) in [5.41, 5.74) is 3.13. The molecule has 1 N–H and O–H groups in total. The Labute approximate surface area is 128 Å². The summed E-state index contributed by atoms with van der Waals surface area (Å²) in [5.74, 6) is 2.11. The Morgan fingerprint density at radius 1 is 1.59 bits per heavy atom. The Morgan fingerprint density at radius 2 is 2.41 bits per heavy atom. The molecule has 0 aliphatic heterocycles. The molecule has 112 valence electrons. The van der Waals surface area contributed by atoms with Crippen LogP contribution in [0, 0.1) is 12.3 Å². The molecule has 1 aromatic carbocycles. The van der Waals surface area contributed by atoms with Gasteiger partial charge in [-0.25, -0.2) is 9.48 Å². The Kier molecular flexibility index (Phi) is 3.70. The van der Waals surface area contributed by atoms with Gasteiger partial charge in [0.15, 0.2) is 5.69 Å². The first-order chi connectivity index (χ1) is 10.7. The second-order valence-corrected chi connectivity index (χ2v) is 5.09. The van der Waals surface area contributed by atoms with Gasteiger partial charge in [0.1, 0.15) is 0 Å². The van der Waals surface area contributed by atoms with E-state index in [0.717, 1.165) is 11.3 Å². The van der Waals surface area contributed by atoms with Gasteiger partial charge in [-0.15, -0.1) is 6.42 Å². The summed E-state index contributed by atoms with van der Waals surface area (Å²) in [7, 11) is 0. The summed E-state index contributed by atoms with van der Waals surface area (Å²) in [6.07, 6.45) is 5.98. The molecule has 1 aromatic heterocycles. The molecule has 1 unspecified atom stereocenters. The van der Waals surface area contributed by atoms with Crippen LogP contribution in [0.4, 0.5) is 0 Å². The summed E-state index contributed by atoms with van der Waals surface area (Å²) in [4.78, 5) is 12.1. The van der Waals surface area contributed by atoms with E-state index >= 15 is 0 Å². The van der Waals surface area contributed by atoms with Crippen LogP contribution in [-0.2, 0) is 11.2 Å². The second-order valence-electron chi connectivity index (χ2n) is 5.09. The van der Waals surface area contributed by atoms with Crippen LogP contribution in [0.2, 0.25) is 0 Å². The zero-order chi connectivity index (χ0) is 15.7. The van der Waals surface area contributed by atoms with E-state index in [0.29, 0.717) is 24.1 Å². The zero-order valence-electron chi connectivity index (χ0n) is 12.2. The predicted molar refractivity (Wildman–Crippen MR) is 80.7 cm³/mol. The van der Waals surface area contributed by atoms with Crippen molar-refractivity contribution in [2.75, 3.05) is 6.61 Å². The van der Waals surface area contributed by atoms with Crippen LogP contribution >= 0.6 is 0 Å². The van der Waals surface area contributed by atoms with E-state index in [2.05, 4.69) is 11.0 Å². The van der Waals surface area contributed by atoms with Gasteiger partial charge in [-0.3, -0.25) is 0 Å². The summed E-state index contributed by atoms with van der Waals surface area (Å²) >= 11 is 0. The lowest BCUT2D eigenvalue weighted by atomic mass is 10.2. The third-order valence-electron chi connectivity index (χ3n) is 3.73. The monoisotopic (exact) mass is 296 g/mol. The average molecular weight is 296 g/mol. The number of rotatable bonds is 3. The third kappa shape index (κ3) is 2.28. The van der Waals surface area contributed by atoms with E-state index in [1.54, 1.807) is 17.7 Å². The van der Waals surface area contributed by atoms with Gasteiger partial charge in [0.2, 0.25) is 0 Å². The van der Waals surface area contributed by atoms with Crippen LogP contribution in [0.15, 0.2) is 24.3 Å². The molecule has 2 aromatic rings. The Bertz CT molecular complexity index is 771. The Balaban J connectivity index is 2.14. The molecule has 5 heteroatoms. The number of nitrogens with zero attached hydrogens (tertiary/aromatic N) is 2. The van der Waals surface area contributed by atoms with Crippen LogP contribution in [0.3, 0.4) is 0 Å². The minimum Gasteiger partial charge on any atom is -0.461 e. The number of aliphatic hydroxyl groups excluding tert-OH is 1. The maximum atomic E-state index is 12.1. The number of ether oxygens (including phenoxy) is 1. The number of carbonyl (C=O) groups excluding carboxylic acids is 1. The largest absolute Gasteiger partial charge is 0.461 e.